The van der Waals surface area contributed by atoms with Crippen molar-refractivity contribution in [2.45, 2.75) is 37.4 Å². The van der Waals surface area contributed by atoms with Crippen LogP contribution >= 0.6 is 23.4 Å². The molecule has 0 aliphatic rings. The van der Waals surface area contributed by atoms with Crippen LogP contribution in [-0.4, -0.2) is 22.3 Å². The molecule has 0 radical (unpaired) electrons. The first kappa shape index (κ1) is 14.3. The molecular formula is C12H16ClN3S. The van der Waals surface area contributed by atoms with Gasteiger partial charge in [0.25, 0.3) is 0 Å². The Labute approximate surface area is 112 Å². The van der Waals surface area contributed by atoms with Crippen molar-refractivity contribution in [3.05, 3.63) is 23.4 Å². The highest BCUT2D eigenvalue weighted by molar-refractivity contribution is 7.99. The van der Waals surface area contributed by atoms with E-state index in [1.807, 2.05) is 20.8 Å². The Morgan fingerprint density at radius 1 is 1.65 bits per heavy atom. The molecule has 1 aromatic rings. The van der Waals surface area contributed by atoms with E-state index in [1.54, 1.807) is 18.3 Å². The topological polar surface area (TPSA) is 48.7 Å². The molecule has 3 nitrogen and oxygen atoms in total. The summed E-state index contributed by atoms with van der Waals surface area (Å²) in [6.07, 6.45) is 1.70. The zero-order valence-corrected chi connectivity index (χ0v) is 11.8. The van der Waals surface area contributed by atoms with Gasteiger partial charge < -0.3 is 0 Å². The summed E-state index contributed by atoms with van der Waals surface area (Å²) in [5, 5.41) is 13.8. The number of hydrogen-bond donors (Lipinski definition) is 1. The van der Waals surface area contributed by atoms with E-state index in [0.29, 0.717) is 10.8 Å². The lowest BCUT2D eigenvalue weighted by molar-refractivity contribution is 0.443. The van der Waals surface area contributed by atoms with Crippen LogP contribution in [0, 0.1) is 11.3 Å². The van der Waals surface area contributed by atoms with Gasteiger partial charge in [-0.15, -0.1) is 11.8 Å². The normalized spacial score (nSPS) is 14.4. The smallest absolute Gasteiger partial charge is 0.115 e. The zero-order valence-electron chi connectivity index (χ0n) is 10.2. The summed E-state index contributed by atoms with van der Waals surface area (Å²) in [5.41, 5.74) is -0.570. The number of nitriles is 1. The lowest BCUT2D eigenvalue weighted by atomic mass is 10.1. The van der Waals surface area contributed by atoms with Gasteiger partial charge in [0, 0.05) is 18.0 Å². The average Bonchev–Trinajstić information content (AvgIpc) is 2.27. The number of rotatable bonds is 5. The lowest BCUT2D eigenvalue weighted by Gasteiger charge is -2.25. The molecule has 0 saturated carbocycles. The maximum Gasteiger partial charge on any atom is 0.115 e. The van der Waals surface area contributed by atoms with E-state index in [-0.39, 0.29) is 6.04 Å². The Bertz CT molecular complexity index is 416. The summed E-state index contributed by atoms with van der Waals surface area (Å²) < 4.78 is 0. The first-order valence-corrected chi connectivity index (χ1v) is 6.75. The van der Waals surface area contributed by atoms with E-state index in [2.05, 4.69) is 16.4 Å². The van der Waals surface area contributed by atoms with Crippen molar-refractivity contribution in [1.29, 1.82) is 5.26 Å². The molecule has 0 bridgehead atoms. The fraction of sp³-hybridized carbons (Fsp3) is 0.500. The predicted octanol–water partition coefficient (Wildman–Crippen LogP) is 3.11. The van der Waals surface area contributed by atoms with Crippen molar-refractivity contribution in [1.82, 2.24) is 10.3 Å². The van der Waals surface area contributed by atoms with E-state index < -0.39 is 5.54 Å². The average molecular weight is 270 g/mol. The molecule has 1 N–H and O–H groups in total. The van der Waals surface area contributed by atoms with Gasteiger partial charge in [0.2, 0.25) is 0 Å². The SMILES string of the molecule is CC(C)NC(C)(C#N)CSc1ncccc1Cl. The minimum atomic E-state index is -0.570. The number of aromatic nitrogens is 1. The largest absolute Gasteiger partial charge is 0.297 e. The van der Waals surface area contributed by atoms with Crippen LogP contribution in [0.3, 0.4) is 0 Å². The Morgan fingerprint density at radius 2 is 2.35 bits per heavy atom. The Kier molecular flexibility index (Phi) is 5.26. The van der Waals surface area contributed by atoms with Crippen molar-refractivity contribution < 1.29 is 0 Å². The highest BCUT2D eigenvalue weighted by atomic mass is 35.5. The summed E-state index contributed by atoms with van der Waals surface area (Å²) in [7, 11) is 0. The van der Waals surface area contributed by atoms with Crippen molar-refractivity contribution >= 4 is 23.4 Å². The van der Waals surface area contributed by atoms with Crippen LogP contribution in [0.15, 0.2) is 23.4 Å². The van der Waals surface area contributed by atoms with Gasteiger partial charge in [-0.3, -0.25) is 5.32 Å². The molecule has 0 aromatic carbocycles. The molecule has 0 fully saturated rings. The third-order valence-electron chi connectivity index (χ3n) is 2.08. The molecule has 1 rings (SSSR count). The molecule has 0 saturated heterocycles. The van der Waals surface area contributed by atoms with Crippen molar-refractivity contribution in [2.24, 2.45) is 0 Å². The number of pyridine rings is 1. The number of thioether (sulfide) groups is 1. The number of nitrogens with zero attached hydrogens (tertiary/aromatic N) is 2. The van der Waals surface area contributed by atoms with E-state index in [0.717, 1.165) is 5.03 Å². The summed E-state index contributed by atoms with van der Waals surface area (Å²) >= 11 is 7.51. The minimum Gasteiger partial charge on any atom is -0.297 e. The van der Waals surface area contributed by atoms with Crippen LogP contribution in [0.2, 0.25) is 5.02 Å². The third kappa shape index (κ3) is 4.55. The van der Waals surface area contributed by atoms with Crippen LogP contribution in [0.4, 0.5) is 0 Å². The molecule has 5 heteroatoms. The van der Waals surface area contributed by atoms with Crippen LogP contribution < -0.4 is 5.32 Å². The maximum atomic E-state index is 9.20. The molecule has 1 aromatic heterocycles. The first-order chi connectivity index (χ1) is 7.97. The van der Waals surface area contributed by atoms with Gasteiger partial charge in [-0.1, -0.05) is 11.6 Å². The Morgan fingerprint density at radius 3 is 2.88 bits per heavy atom. The molecule has 0 aliphatic carbocycles. The highest BCUT2D eigenvalue weighted by Crippen LogP contribution is 2.27. The molecule has 1 unspecified atom stereocenters. The fourth-order valence-electron chi connectivity index (χ4n) is 1.43. The number of halogens is 1. The monoisotopic (exact) mass is 269 g/mol. The first-order valence-electron chi connectivity index (χ1n) is 5.39. The third-order valence-corrected chi connectivity index (χ3v) is 3.81. The second-order valence-corrected chi connectivity index (χ2v) is 5.69. The standard InChI is InChI=1S/C12H16ClN3S/c1-9(2)16-12(3,7-14)8-17-11-10(13)5-4-6-15-11/h4-6,9,16H,8H2,1-3H3. The molecule has 0 aliphatic heterocycles. The van der Waals surface area contributed by atoms with Crippen molar-refractivity contribution in [3.8, 4) is 6.07 Å². The maximum absolute atomic E-state index is 9.20. The molecule has 0 spiro atoms. The second kappa shape index (κ2) is 6.25. The van der Waals surface area contributed by atoms with Crippen LogP contribution in [0.25, 0.3) is 0 Å². The van der Waals surface area contributed by atoms with Gasteiger partial charge in [-0.25, -0.2) is 4.98 Å². The van der Waals surface area contributed by atoms with Gasteiger partial charge in [-0.2, -0.15) is 5.26 Å². The van der Waals surface area contributed by atoms with Crippen LogP contribution in [-0.2, 0) is 0 Å². The lowest BCUT2D eigenvalue weighted by Crippen LogP contribution is -2.47. The van der Waals surface area contributed by atoms with Gasteiger partial charge in [0.15, 0.2) is 0 Å². The van der Waals surface area contributed by atoms with Gasteiger partial charge in [0.1, 0.15) is 10.6 Å². The second-order valence-electron chi connectivity index (χ2n) is 4.32. The molecule has 17 heavy (non-hydrogen) atoms. The summed E-state index contributed by atoms with van der Waals surface area (Å²) in [6, 6.07) is 6.16. The molecule has 0 amide bonds. The van der Waals surface area contributed by atoms with E-state index in [9.17, 15) is 5.26 Å². The number of hydrogen-bond acceptors (Lipinski definition) is 4. The van der Waals surface area contributed by atoms with Crippen molar-refractivity contribution in [2.75, 3.05) is 5.75 Å². The number of nitrogens with one attached hydrogen (secondary N) is 1. The minimum absolute atomic E-state index is 0.263. The fourth-order valence-corrected chi connectivity index (χ4v) is 2.63. The summed E-state index contributed by atoms with van der Waals surface area (Å²) in [6.45, 7) is 5.93. The van der Waals surface area contributed by atoms with Gasteiger partial charge >= 0.3 is 0 Å². The van der Waals surface area contributed by atoms with Gasteiger partial charge in [-0.05, 0) is 32.9 Å². The van der Waals surface area contributed by atoms with E-state index >= 15 is 0 Å². The molecule has 1 heterocycles. The Hall–Kier alpha value is -0.760. The molecule has 92 valence electrons. The van der Waals surface area contributed by atoms with Crippen molar-refractivity contribution in [3.63, 3.8) is 0 Å². The van der Waals surface area contributed by atoms with Crippen LogP contribution in [0.1, 0.15) is 20.8 Å². The molecule has 1 atom stereocenters. The van der Waals surface area contributed by atoms with E-state index in [4.69, 9.17) is 11.6 Å². The molecular weight excluding hydrogens is 254 g/mol. The van der Waals surface area contributed by atoms with Gasteiger partial charge in [0.05, 0.1) is 11.1 Å². The summed E-state index contributed by atoms with van der Waals surface area (Å²) in [5.74, 6) is 0.610. The zero-order chi connectivity index (χ0) is 12.9. The Balaban J connectivity index is 2.66. The highest BCUT2D eigenvalue weighted by Gasteiger charge is 2.25. The predicted molar refractivity (Wildman–Crippen MR) is 72.3 cm³/mol. The van der Waals surface area contributed by atoms with E-state index in [1.165, 1.54) is 11.8 Å². The summed E-state index contributed by atoms with van der Waals surface area (Å²) in [4.78, 5) is 4.19. The van der Waals surface area contributed by atoms with Crippen LogP contribution in [0.5, 0.6) is 0 Å². The quantitative estimate of drug-likeness (QED) is 0.835.